The summed E-state index contributed by atoms with van der Waals surface area (Å²) in [6.45, 7) is 5.70. The molecule has 27 heavy (non-hydrogen) atoms. The number of rotatable bonds is 7. The van der Waals surface area contributed by atoms with Crippen molar-refractivity contribution in [1.29, 1.82) is 0 Å². The molecule has 1 amide bonds. The van der Waals surface area contributed by atoms with Gasteiger partial charge in [-0.05, 0) is 68.7 Å². The van der Waals surface area contributed by atoms with E-state index in [1.54, 1.807) is 32.1 Å². The molecule has 0 unspecified atom stereocenters. The molecule has 1 saturated carbocycles. The predicted molar refractivity (Wildman–Crippen MR) is 105 cm³/mol. The summed E-state index contributed by atoms with van der Waals surface area (Å²) in [6, 6.07) is 9.64. The maximum atomic E-state index is 12.1. The summed E-state index contributed by atoms with van der Waals surface area (Å²) < 4.78 is 32.4. The summed E-state index contributed by atoms with van der Waals surface area (Å²) in [4.78, 5) is 12.2. The Labute approximate surface area is 159 Å². The molecule has 1 aliphatic rings. The minimum Gasteiger partial charge on any atom is -0.461 e. The SMILES string of the molecule is CC(C)NS(=O)(=O)c1ccc(NC(=O)/C=C/c2ccc([C@H]3C[C@H]3C)o2)cc1. The quantitative estimate of drug-likeness (QED) is 0.707. The normalized spacial score (nSPS) is 19.6. The Bertz CT molecular complexity index is 943. The third kappa shape index (κ3) is 5.08. The van der Waals surface area contributed by atoms with E-state index in [1.165, 1.54) is 18.2 Å². The van der Waals surface area contributed by atoms with Gasteiger partial charge in [0.05, 0.1) is 4.90 Å². The molecule has 144 valence electrons. The summed E-state index contributed by atoms with van der Waals surface area (Å²) in [7, 11) is -3.54. The summed E-state index contributed by atoms with van der Waals surface area (Å²) in [5.41, 5.74) is 0.514. The fourth-order valence-corrected chi connectivity index (χ4v) is 4.06. The molecule has 1 aliphatic carbocycles. The van der Waals surface area contributed by atoms with Crippen molar-refractivity contribution in [2.75, 3.05) is 5.32 Å². The van der Waals surface area contributed by atoms with Crippen molar-refractivity contribution >= 4 is 27.7 Å². The number of hydrogen-bond acceptors (Lipinski definition) is 4. The predicted octanol–water partition coefficient (Wildman–Crippen LogP) is 3.74. The van der Waals surface area contributed by atoms with E-state index in [1.807, 2.05) is 12.1 Å². The van der Waals surface area contributed by atoms with Crippen molar-refractivity contribution in [3.63, 3.8) is 0 Å². The van der Waals surface area contributed by atoms with Gasteiger partial charge in [0.25, 0.3) is 0 Å². The second kappa shape index (κ2) is 7.70. The average molecular weight is 388 g/mol. The van der Waals surface area contributed by atoms with Gasteiger partial charge in [0.1, 0.15) is 11.5 Å². The number of hydrogen-bond donors (Lipinski definition) is 2. The van der Waals surface area contributed by atoms with Crippen LogP contribution < -0.4 is 10.0 Å². The lowest BCUT2D eigenvalue weighted by Crippen LogP contribution is -2.30. The lowest BCUT2D eigenvalue weighted by atomic mass is 10.3. The van der Waals surface area contributed by atoms with Crippen LogP contribution in [0.4, 0.5) is 5.69 Å². The van der Waals surface area contributed by atoms with Crippen LogP contribution in [0.1, 0.15) is 44.6 Å². The average Bonchev–Trinajstić information content (AvgIpc) is 3.14. The van der Waals surface area contributed by atoms with Crippen LogP contribution in [-0.4, -0.2) is 20.4 Å². The third-order valence-corrected chi connectivity index (χ3v) is 6.02. The fourth-order valence-electron chi connectivity index (χ4n) is 2.81. The first kappa shape index (κ1) is 19.4. The Hall–Kier alpha value is -2.38. The number of furan rings is 1. The van der Waals surface area contributed by atoms with E-state index in [4.69, 9.17) is 4.42 Å². The molecule has 2 aromatic rings. The molecular formula is C20H24N2O4S. The van der Waals surface area contributed by atoms with Crippen molar-refractivity contribution in [1.82, 2.24) is 4.72 Å². The Morgan fingerprint density at radius 3 is 2.44 bits per heavy atom. The van der Waals surface area contributed by atoms with Crippen LogP contribution >= 0.6 is 0 Å². The van der Waals surface area contributed by atoms with Gasteiger partial charge in [0.15, 0.2) is 0 Å². The number of nitrogens with one attached hydrogen (secondary N) is 2. The molecule has 0 radical (unpaired) electrons. The summed E-state index contributed by atoms with van der Waals surface area (Å²) in [5.74, 6) is 2.46. The zero-order valence-corrected chi connectivity index (χ0v) is 16.4. The first-order valence-corrected chi connectivity index (χ1v) is 10.4. The van der Waals surface area contributed by atoms with Crippen molar-refractivity contribution < 1.29 is 17.6 Å². The highest BCUT2D eigenvalue weighted by molar-refractivity contribution is 7.89. The van der Waals surface area contributed by atoms with Crippen LogP contribution in [0.3, 0.4) is 0 Å². The molecule has 0 spiro atoms. The molecule has 1 fully saturated rings. The molecule has 2 N–H and O–H groups in total. The molecule has 2 atom stereocenters. The van der Waals surface area contributed by atoms with Gasteiger partial charge in [-0.15, -0.1) is 0 Å². The van der Waals surface area contributed by atoms with Gasteiger partial charge in [-0.25, -0.2) is 13.1 Å². The zero-order valence-electron chi connectivity index (χ0n) is 15.6. The first-order valence-electron chi connectivity index (χ1n) is 8.96. The third-order valence-electron chi connectivity index (χ3n) is 4.34. The first-order chi connectivity index (χ1) is 12.7. The van der Waals surface area contributed by atoms with Crippen molar-refractivity contribution in [3.05, 3.63) is 54.0 Å². The lowest BCUT2D eigenvalue weighted by molar-refractivity contribution is -0.111. The second-order valence-electron chi connectivity index (χ2n) is 7.18. The van der Waals surface area contributed by atoms with Gasteiger partial charge in [-0.1, -0.05) is 6.92 Å². The van der Waals surface area contributed by atoms with Gasteiger partial charge < -0.3 is 9.73 Å². The van der Waals surface area contributed by atoms with E-state index >= 15 is 0 Å². The van der Waals surface area contributed by atoms with Gasteiger partial charge in [-0.3, -0.25) is 4.79 Å². The number of amides is 1. The standard InChI is InChI=1S/C20H24N2O4S/c1-13(2)22-27(24,25)17-8-4-15(5-9-17)21-20(23)11-7-16-6-10-19(26-16)18-12-14(18)3/h4-11,13-14,18,22H,12H2,1-3H3,(H,21,23)/b11-7+/t14-,18+/m1/s1. The van der Waals surface area contributed by atoms with Crippen LogP contribution in [0, 0.1) is 5.92 Å². The van der Waals surface area contributed by atoms with Crippen LogP contribution in [0.25, 0.3) is 6.08 Å². The van der Waals surface area contributed by atoms with E-state index < -0.39 is 10.0 Å². The van der Waals surface area contributed by atoms with Gasteiger partial charge in [0.2, 0.25) is 15.9 Å². The summed E-state index contributed by atoms with van der Waals surface area (Å²) in [5, 5.41) is 2.70. The van der Waals surface area contributed by atoms with E-state index in [0.29, 0.717) is 23.3 Å². The molecule has 3 rings (SSSR count). The molecule has 1 aromatic carbocycles. The van der Waals surface area contributed by atoms with E-state index in [0.717, 1.165) is 12.2 Å². The van der Waals surface area contributed by atoms with Crippen LogP contribution in [0.15, 0.2) is 51.8 Å². The molecular weight excluding hydrogens is 364 g/mol. The Balaban J connectivity index is 1.58. The molecule has 7 heteroatoms. The van der Waals surface area contributed by atoms with Crippen molar-refractivity contribution in [3.8, 4) is 0 Å². The van der Waals surface area contributed by atoms with Gasteiger partial charge in [0, 0.05) is 23.7 Å². The smallest absolute Gasteiger partial charge is 0.248 e. The molecule has 0 bridgehead atoms. The number of carbonyl (C=O) groups is 1. The summed E-state index contributed by atoms with van der Waals surface area (Å²) in [6.07, 6.45) is 4.16. The molecule has 0 saturated heterocycles. The topological polar surface area (TPSA) is 88.4 Å². The highest BCUT2D eigenvalue weighted by atomic mass is 32.2. The highest BCUT2D eigenvalue weighted by Crippen LogP contribution is 2.47. The van der Waals surface area contributed by atoms with Crippen LogP contribution in [-0.2, 0) is 14.8 Å². The minimum atomic E-state index is -3.54. The Morgan fingerprint density at radius 2 is 1.85 bits per heavy atom. The van der Waals surface area contributed by atoms with Crippen molar-refractivity contribution in [2.24, 2.45) is 5.92 Å². The Kier molecular flexibility index (Phi) is 5.53. The molecule has 6 nitrogen and oxygen atoms in total. The number of sulfonamides is 1. The lowest BCUT2D eigenvalue weighted by Gasteiger charge is -2.10. The maximum Gasteiger partial charge on any atom is 0.248 e. The minimum absolute atomic E-state index is 0.155. The molecule has 1 heterocycles. The molecule has 1 aromatic heterocycles. The number of carbonyl (C=O) groups excluding carboxylic acids is 1. The largest absolute Gasteiger partial charge is 0.461 e. The number of benzene rings is 1. The van der Waals surface area contributed by atoms with Gasteiger partial charge >= 0.3 is 0 Å². The Morgan fingerprint density at radius 1 is 1.19 bits per heavy atom. The van der Waals surface area contributed by atoms with Gasteiger partial charge in [-0.2, -0.15) is 0 Å². The molecule has 0 aliphatic heterocycles. The maximum absolute atomic E-state index is 12.1. The van der Waals surface area contributed by atoms with Crippen molar-refractivity contribution in [2.45, 2.75) is 44.0 Å². The zero-order chi connectivity index (χ0) is 19.6. The van der Waals surface area contributed by atoms with E-state index in [2.05, 4.69) is 17.0 Å². The highest BCUT2D eigenvalue weighted by Gasteiger charge is 2.36. The van der Waals surface area contributed by atoms with Crippen LogP contribution in [0.5, 0.6) is 0 Å². The van der Waals surface area contributed by atoms with E-state index in [-0.39, 0.29) is 16.8 Å². The summed E-state index contributed by atoms with van der Waals surface area (Å²) >= 11 is 0. The number of anilines is 1. The fraction of sp³-hybridized carbons (Fsp3) is 0.350. The monoisotopic (exact) mass is 388 g/mol. The van der Waals surface area contributed by atoms with Crippen LogP contribution in [0.2, 0.25) is 0 Å². The van der Waals surface area contributed by atoms with E-state index in [9.17, 15) is 13.2 Å². The second-order valence-corrected chi connectivity index (χ2v) is 8.90.